The van der Waals surface area contributed by atoms with Crippen molar-refractivity contribution in [2.75, 3.05) is 19.8 Å². The predicted molar refractivity (Wildman–Crippen MR) is 95.9 cm³/mol. The zero-order valence-electron chi connectivity index (χ0n) is 15.7. The number of carbonyl (C=O) groups excluding carboxylic acids is 1. The van der Waals surface area contributed by atoms with Crippen molar-refractivity contribution in [3.05, 3.63) is 57.4 Å². The number of ether oxygens (including phenoxy) is 2. The van der Waals surface area contributed by atoms with Gasteiger partial charge in [-0.05, 0) is 19.4 Å². The fourth-order valence-corrected chi connectivity index (χ4v) is 2.29. The molecule has 2 rings (SSSR count). The molecule has 30 heavy (non-hydrogen) atoms. The summed E-state index contributed by atoms with van der Waals surface area (Å²) < 4.78 is 62.7. The van der Waals surface area contributed by atoms with Gasteiger partial charge in [0.15, 0.2) is 0 Å². The third-order valence-corrected chi connectivity index (χ3v) is 3.66. The molecule has 0 fully saturated rings. The minimum Gasteiger partial charge on any atom is -0.478 e. The van der Waals surface area contributed by atoms with Gasteiger partial charge in [-0.15, -0.1) is 0 Å². The number of halogens is 4. The molecule has 1 aromatic carbocycles. The minimum atomic E-state index is -4.61. The average molecular weight is 431 g/mol. The lowest BCUT2D eigenvalue weighted by atomic mass is 10.1. The van der Waals surface area contributed by atoms with Crippen LogP contribution in [0.15, 0.2) is 30.3 Å². The second-order valence-electron chi connectivity index (χ2n) is 5.84. The molecule has 2 aromatic rings. The number of rotatable bonds is 9. The van der Waals surface area contributed by atoms with Crippen LogP contribution in [0, 0.1) is 15.9 Å². The Bertz CT molecular complexity index is 921. The highest BCUT2D eigenvalue weighted by molar-refractivity contribution is 5.95. The molecule has 0 saturated heterocycles. The zero-order chi connectivity index (χ0) is 22.3. The first-order valence-electron chi connectivity index (χ1n) is 8.69. The van der Waals surface area contributed by atoms with E-state index >= 15 is 0 Å². The van der Waals surface area contributed by atoms with Crippen molar-refractivity contribution in [1.82, 2.24) is 10.3 Å². The van der Waals surface area contributed by atoms with Crippen molar-refractivity contribution in [2.45, 2.75) is 19.5 Å². The largest absolute Gasteiger partial charge is 0.478 e. The quantitative estimate of drug-likeness (QED) is 0.281. The first kappa shape index (κ1) is 22.8. The highest BCUT2D eigenvalue weighted by Crippen LogP contribution is 2.33. The van der Waals surface area contributed by atoms with Gasteiger partial charge in [-0.3, -0.25) is 14.9 Å². The summed E-state index contributed by atoms with van der Waals surface area (Å²) >= 11 is 0. The number of amides is 1. The van der Waals surface area contributed by atoms with E-state index < -0.39 is 39.6 Å². The number of aromatic nitrogens is 1. The Kier molecular flexibility index (Phi) is 7.50. The number of alkyl halides is 3. The van der Waals surface area contributed by atoms with Crippen LogP contribution in [0.3, 0.4) is 0 Å². The van der Waals surface area contributed by atoms with Crippen LogP contribution in [-0.4, -0.2) is 35.6 Å². The number of non-ortho nitro benzene ring substituents is 1. The van der Waals surface area contributed by atoms with Crippen molar-refractivity contribution >= 4 is 11.6 Å². The number of nitrogens with one attached hydrogen (secondary N) is 1. The number of pyridine rings is 1. The van der Waals surface area contributed by atoms with Gasteiger partial charge < -0.3 is 14.8 Å². The average Bonchev–Trinajstić information content (AvgIpc) is 2.67. The fourth-order valence-electron chi connectivity index (χ4n) is 2.29. The number of carbonyl (C=O) groups is 1. The van der Waals surface area contributed by atoms with E-state index in [0.717, 1.165) is 30.3 Å². The molecule has 8 nitrogen and oxygen atoms in total. The fraction of sp³-hybridized carbons (Fsp3) is 0.333. The first-order chi connectivity index (χ1) is 14.1. The maximum absolute atomic E-state index is 13.7. The second-order valence-corrected chi connectivity index (χ2v) is 5.84. The summed E-state index contributed by atoms with van der Waals surface area (Å²) in [6, 6.07) is 4.02. The molecule has 0 aliphatic heterocycles. The standard InChI is InChI=1S/C18H17F4N3O5/c1-2-29-15-8-11(18(20,21)22)9-16(24-15)30-7-3-6-23-17(26)13-10-12(25(27)28)4-5-14(13)19/h4-5,8-10H,2-3,6-7H2,1H3,(H,23,26). The van der Waals surface area contributed by atoms with E-state index in [1.165, 1.54) is 0 Å². The number of hydrogen-bond donors (Lipinski definition) is 1. The van der Waals surface area contributed by atoms with E-state index in [4.69, 9.17) is 9.47 Å². The van der Waals surface area contributed by atoms with Crippen molar-refractivity contribution in [2.24, 2.45) is 0 Å². The molecule has 0 bridgehead atoms. The van der Waals surface area contributed by atoms with Gasteiger partial charge in [0.05, 0.1) is 29.3 Å². The molecule has 1 heterocycles. The molecule has 0 aliphatic rings. The third kappa shape index (κ3) is 6.29. The lowest BCUT2D eigenvalue weighted by Crippen LogP contribution is -2.26. The predicted octanol–water partition coefficient (Wildman–Crippen LogP) is 3.75. The van der Waals surface area contributed by atoms with Gasteiger partial charge in [-0.1, -0.05) is 0 Å². The molecule has 1 aromatic heterocycles. The number of nitro benzene ring substituents is 1. The summed E-state index contributed by atoms with van der Waals surface area (Å²) in [7, 11) is 0. The van der Waals surface area contributed by atoms with E-state index in [1.807, 2.05) is 0 Å². The number of nitro groups is 1. The van der Waals surface area contributed by atoms with Crippen LogP contribution in [0.25, 0.3) is 0 Å². The smallest absolute Gasteiger partial charge is 0.416 e. The van der Waals surface area contributed by atoms with E-state index in [0.29, 0.717) is 0 Å². The summed E-state index contributed by atoms with van der Waals surface area (Å²) in [6.07, 6.45) is -4.45. The molecule has 0 spiro atoms. The summed E-state index contributed by atoms with van der Waals surface area (Å²) in [4.78, 5) is 25.7. The second kappa shape index (κ2) is 9.85. The Hall–Kier alpha value is -3.44. The Morgan fingerprint density at radius 3 is 2.47 bits per heavy atom. The lowest BCUT2D eigenvalue weighted by molar-refractivity contribution is -0.384. The Morgan fingerprint density at radius 1 is 1.20 bits per heavy atom. The SMILES string of the molecule is CCOc1cc(C(F)(F)F)cc(OCCCNC(=O)c2cc([N+](=O)[O-])ccc2F)n1. The molecular formula is C18H17F4N3O5. The summed E-state index contributed by atoms with van der Waals surface area (Å²) in [5.74, 6) is -2.33. The number of hydrogen-bond acceptors (Lipinski definition) is 6. The molecule has 1 N–H and O–H groups in total. The molecule has 0 aliphatic carbocycles. The van der Waals surface area contributed by atoms with Gasteiger partial charge in [-0.25, -0.2) is 4.39 Å². The third-order valence-electron chi connectivity index (χ3n) is 3.66. The summed E-state index contributed by atoms with van der Waals surface area (Å²) in [6.45, 7) is 1.60. The van der Waals surface area contributed by atoms with Crippen LogP contribution >= 0.6 is 0 Å². The summed E-state index contributed by atoms with van der Waals surface area (Å²) in [5.41, 5.74) is -1.91. The van der Waals surface area contributed by atoms with Crippen LogP contribution in [0.2, 0.25) is 0 Å². The minimum absolute atomic E-state index is 0.0156. The Labute approximate surface area is 168 Å². The summed E-state index contributed by atoms with van der Waals surface area (Å²) in [5, 5.41) is 13.1. The molecule has 162 valence electrons. The molecule has 0 saturated carbocycles. The van der Waals surface area contributed by atoms with Crippen LogP contribution < -0.4 is 14.8 Å². The van der Waals surface area contributed by atoms with Crippen LogP contribution in [0.1, 0.15) is 29.3 Å². The molecular weight excluding hydrogens is 414 g/mol. The Morgan fingerprint density at radius 2 is 1.87 bits per heavy atom. The van der Waals surface area contributed by atoms with Crippen molar-refractivity contribution in [1.29, 1.82) is 0 Å². The van der Waals surface area contributed by atoms with Gasteiger partial charge in [0.1, 0.15) is 5.82 Å². The number of benzene rings is 1. The van der Waals surface area contributed by atoms with Gasteiger partial charge in [0.2, 0.25) is 11.8 Å². The normalized spacial score (nSPS) is 11.1. The van der Waals surface area contributed by atoms with Crippen LogP contribution in [-0.2, 0) is 6.18 Å². The highest BCUT2D eigenvalue weighted by Gasteiger charge is 2.32. The highest BCUT2D eigenvalue weighted by atomic mass is 19.4. The van der Waals surface area contributed by atoms with Gasteiger partial charge in [0.25, 0.3) is 11.6 Å². The van der Waals surface area contributed by atoms with Crippen molar-refractivity contribution < 1.29 is 36.8 Å². The van der Waals surface area contributed by atoms with E-state index in [2.05, 4.69) is 10.3 Å². The maximum Gasteiger partial charge on any atom is 0.416 e. The van der Waals surface area contributed by atoms with Crippen LogP contribution in [0.5, 0.6) is 11.8 Å². The van der Waals surface area contributed by atoms with E-state index in [-0.39, 0.29) is 37.9 Å². The molecule has 0 atom stereocenters. The molecule has 0 radical (unpaired) electrons. The van der Waals surface area contributed by atoms with Crippen molar-refractivity contribution in [3.8, 4) is 11.8 Å². The van der Waals surface area contributed by atoms with Crippen LogP contribution in [0.4, 0.5) is 23.2 Å². The lowest BCUT2D eigenvalue weighted by Gasteiger charge is -2.12. The van der Waals surface area contributed by atoms with E-state index in [1.54, 1.807) is 6.92 Å². The van der Waals surface area contributed by atoms with Gasteiger partial charge in [-0.2, -0.15) is 18.2 Å². The van der Waals surface area contributed by atoms with Gasteiger partial charge >= 0.3 is 6.18 Å². The maximum atomic E-state index is 13.7. The molecule has 1 amide bonds. The number of nitrogens with zero attached hydrogens (tertiary/aromatic N) is 2. The zero-order valence-corrected chi connectivity index (χ0v) is 15.7. The van der Waals surface area contributed by atoms with Gasteiger partial charge in [0, 0.05) is 30.8 Å². The van der Waals surface area contributed by atoms with Crippen molar-refractivity contribution in [3.63, 3.8) is 0 Å². The Balaban J connectivity index is 1.91. The van der Waals surface area contributed by atoms with E-state index in [9.17, 15) is 32.5 Å². The molecule has 0 unspecified atom stereocenters. The molecule has 12 heteroatoms. The monoisotopic (exact) mass is 431 g/mol. The first-order valence-corrected chi connectivity index (χ1v) is 8.69. The topological polar surface area (TPSA) is 104 Å².